The molecule has 0 unspecified atom stereocenters. The van der Waals surface area contributed by atoms with Gasteiger partial charge in [-0.2, -0.15) is 0 Å². The molecule has 2 heteroatoms. The molecule has 0 aromatic heterocycles. The van der Waals surface area contributed by atoms with E-state index in [1.54, 1.807) is 0 Å². The average molecular weight is 218 g/mol. The van der Waals surface area contributed by atoms with Crippen LogP contribution in [-0.2, 0) is 4.84 Å². The second-order valence-electron chi connectivity index (χ2n) is 3.91. The molecule has 0 fully saturated rings. The van der Waals surface area contributed by atoms with Crippen LogP contribution < -0.4 is 0 Å². The molecule has 1 aromatic rings. The van der Waals surface area contributed by atoms with E-state index in [9.17, 15) is 0 Å². The molecule has 0 saturated carbocycles. The third-order valence-corrected chi connectivity index (χ3v) is 2.46. The number of benzene rings is 1. The summed E-state index contributed by atoms with van der Waals surface area (Å²) < 4.78 is 0. The van der Waals surface area contributed by atoms with Crippen molar-refractivity contribution in [3.8, 4) is 0 Å². The van der Waals surface area contributed by atoms with Crippen LogP contribution in [0.25, 0.3) is 0 Å². The lowest BCUT2D eigenvalue weighted by atomic mass is 10.1. The maximum absolute atomic E-state index is 5.15. The van der Waals surface area contributed by atoms with E-state index in [0.717, 1.165) is 12.0 Å². The highest BCUT2D eigenvalue weighted by Crippen LogP contribution is 2.04. The van der Waals surface area contributed by atoms with Gasteiger partial charge in [0.15, 0.2) is 0 Å². The standard InChI is InChI=1S/C14H20NO/c1-3-4-5-8-11-16-15-12-14-10-7-6-9-13(14)2/h6-7,9-10H,3-5,8,11H2,1-2H3. The topological polar surface area (TPSA) is 21.6 Å². The maximum Gasteiger partial charge on any atom is 0.139 e. The fraction of sp³-hybridized carbons (Fsp3) is 0.500. The van der Waals surface area contributed by atoms with Gasteiger partial charge in [-0.25, -0.2) is 0 Å². The van der Waals surface area contributed by atoms with Gasteiger partial charge in [0.2, 0.25) is 0 Å². The third-order valence-electron chi connectivity index (χ3n) is 2.46. The van der Waals surface area contributed by atoms with E-state index in [0.29, 0.717) is 6.61 Å². The molecule has 1 aromatic carbocycles. The van der Waals surface area contributed by atoms with Gasteiger partial charge in [0.05, 0.1) is 0 Å². The number of rotatable bonds is 7. The fourth-order valence-corrected chi connectivity index (χ4v) is 1.42. The van der Waals surface area contributed by atoms with Crippen molar-refractivity contribution in [1.29, 1.82) is 0 Å². The molecule has 1 radical (unpaired) electrons. The van der Waals surface area contributed by atoms with Crippen molar-refractivity contribution in [2.24, 2.45) is 5.16 Å². The molecule has 16 heavy (non-hydrogen) atoms. The van der Waals surface area contributed by atoms with Crippen LogP contribution in [0.4, 0.5) is 0 Å². The molecule has 0 spiro atoms. The van der Waals surface area contributed by atoms with Gasteiger partial charge < -0.3 is 4.84 Å². The van der Waals surface area contributed by atoms with Crippen molar-refractivity contribution in [3.63, 3.8) is 0 Å². The predicted molar refractivity (Wildman–Crippen MR) is 67.8 cm³/mol. The monoisotopic (exact) mass is 218 g/mol. The first-order chi connectivity index (χ1) is 7.84. The van der Waals surface area contributed by atoms with Crippen LogP contribution >= 0.6 is 0 Å². The van der Waals surface area contributed by atoms with Crippen LogP contribution in [-0.4, -0.2) is 12.8 Å². The van der Waals surface area contributed by atoms with E-state index >= 15 is 0 Å². The van der Waals surface area contributed by atoms with Gasteiger partial charge in [0.1, 0.15) is 12.8 Å². The molecule has 0 N–H and O–H groups in total. The number of nitrogens with zero attached hydrogens (tertiary/aromatic N) is 1. The molecule has 0 aliphatic rings. The van der Waals surface area contributed by atoms with Gasteiger partial charge in [-0.3, -0.25) is 0 Å². The fourth-order valence-electron chi connectivity index (χ4n) is 1.42. The quantitative estimate of drug-likeness (QED) is 0.387. The third kappa shape index (κ3) is 4.96. The summed E-state index contributed by atoms with van der Waals surface area (Å²) in [7, 11) is 0. The summed E-state index contributed by atoms with van der Waals surface area (Å²) in [5.41, 5.74) is 2.16. The molecule has 0 atom stereocenters. The molecular weight excluding hydrogens is 198 g/mol. The zero-order valence-electron chi connectivity index (χ0n) is 10.2. The molecule has 0 heterocycles. The largest absolute Gasteiger partial charge is 0.395 e. The van der Waals surface area contributed by atoms with Crippen LogP contribution in [0.3, 0.4) is 0 Å². The zero-order valence-corrected chi connectivity index (χ0v) is 10.2. The number of aryl methyl sites for hydroxylation is 1. The van der Waals surface area contributed by atoms with E-state index < -0.39 is 0 Å². The lowest BCUT2D eigenvalue weighted by molar-refractivity contribution is 0.141. The zero-order chi connectivity index (χ0) is 11.6. The van der Waals surface area contributed by atoms with E-state index in [-0.39, 0.29) is 0 Å². The highest BCUT2D eigenvalue weighted by molar-refractivity contribution is 5.80. The number of hydrogen-bond acceptors (Lipinski definition) is 2. The first kappa shape index (κ1) is 12.8. The Bertz CT molecular complexity index is 320. The van der Waals surface area contributed by atoms with Gasteiger partial charge in [-0.15, -0.1) is 0 Å². The van der Waals surface area contributed by atoms with E-state index in [1.165, 1.54) is 24.8 Å². The lowest BCUT2D eigenvalue weighted by Crippen LogP contribution is -1.91. The molecule has 87 valence electrons. The van der Waals surface area contributed by atoms with Crippen LogP contribution in [0.1, 0.15) is 43.7 Å². The van der Waals surface area contributed by atoms with Crippen molar-refractivity contribution in [2.45, 2.75) is 39.5 Å². The van der Waals surface area contributed by atoms with Crippen molar-refractivity contribution < 1.29 is 4.84 Å². The Hall–Kier alpha value is -1.31. The number of hydrogen-bond donors (Lipinski definition) is 0. The highest BCUT2D eigenvalue weighted by Gasteiger charge is 1.93. The summed E-state index contributed by atoms with van der Waals surface area (Å²) in [5, 5.41) is 3.85. The Labute approximate surface area is 98.3 Å². The van der Waals surface area contributed by atoms with Crippen molar-refractivity contribution in [2.75, 3.05) is 6.61 Å². The maximum atomic E-state index is 5.15. The highest BCUT2D eigenvalue weighted by atomic mass is 16.6. The number of unbranched alkanes of at least 4 members (excludes halogenated alkanes) is 3. The summed E-state index contributed by atoms with van der Waals surface area (Å²) >= 11 is 0. The van der Waals surface area contributed by atoms with Crippen LogP contribution in [0.2, 0.25) is 0 Å². The van der Waals surface area contributed by atoms with Gasteiger partial charge in [-0.05, 0) is 25.3 Å². The van der Waals surface area contributed by atoms with Gasteiger partial charge in [0.25, 0.3) is 0 Å². The van der Waals surface area contributed by atoms with Crippen molar-refractivity contribution in [3.05, 3.63) is 35.4 Å². The smallest absolute Gasteiger partial charge is 0.139 e. The Morgan fingerprint density at radius 1 is 1.19 bits per heavy atom. The second kappa shape index (κ2) is 7.91. The summed E-state index contributed by atoms with van der Waals surface area (Å²) in [5.74, 6) is 0. The van der Waals surface area contributed by atoms with Crippen molar-refractivity contribution >= 4 is 6.21 Å². The van der Waals surface area contributed by atoms with E-state index in [2.05, 4.69) is 18.3 Å². The summed E-state index contributed by atoms with van der Waals surface area (Å²) in [6.07, 6.45) is 7.72. The minimum atomic E-state index is 0.693. The molecule has 0 aliphatic carbocycles. The summed E-state index contributed by atoms with van der Waals surface area (Å²) in [6, 6.07) is 8.01. The first-order valence-corrected chi connectivity index (χ1v) is 5.98. The summed E-state index contributed by atoms with van der Waals surface area (Å²) in [6.45, 7) is 4.93. The van der Waals surface area contributed by atoms with Gasteiger partial charge in [-0.1, -0.05) is 49.2 Å². The Morgan fingerprint density at radius 2 is 2.00 bits per heavy atom. The first-order valence-electron chi connectivity index (χ1n) is 5.98. The average Bonchev–Trinajstić information content (AvgIpc) is 2.30. The van der Waals surface area contributed by atoms with E-state index in [1.807, 2.05) is 31.2 Å². The molecular formula is C14H20NO. The molecule has 0 amide bonds. The molecule has 0 saturated heterocycles. The normalized spacial score (nSPS) is 10.9. The SMILES string of the molecule is CCCCCCO/N=[C]/c1ccccc1C. The van der Waals surface area contributed by atoms with Crippen LogP contribution in [0.15, 0.2) is 29.4 Å². The summed E-state index contributed by atoms with van der Waals surface area (Å²) in [4.78, 5) is 5.15. The minimum Gasteiger partial charge on any atom is -0.395 e. The Morgan fingerprint density at radius 3 is 2.75 bits per heavy atom. The molecule has 0 bridgehead atoms. The molecule has 2 nitrogen and oxygen atoms in total. The predicted octanol–water partition coefficient (Wildman–Crippen LogP) is 3.80. The van der Waals surface area contributed by atoms with Crippen LogP contribution in [0.5, 0.6) is 0 Å². The minimum absolute atomic E-state index is 0.693. The van der Waals surface area contributed by atoms with Gasteiger partial charge >= 0.3 is 0 Å². The van der Waals surface area contributed by atoms with E-state index in [4.69, 9.17) is 4.84 Å². The Balaban J connectivity index is 2.20. The van der Waals surface area contributed by atoms with Gasteiger partial charge in [0, 0.05) is 5.56 Å². The Kier molecular flexibility index (Phi) is 6.31. The lowest BCUT2D eigenvalue weighted by Gasteiger charge is -1.99. The molecule has 0 aliphatic heterocycles. The van der Waals surface area contributed by atoms with Crippen LogP contribution in [0, 0.1) is 6.92 Å². The van der Waals surface area contributed by atoms with Crippen molar-refractivity contribution in [1.82, 2.24) is 0 Å². The second-order valence-corrected chi connectivity index (χ2v) is 3.91. The molecule has 1 rings (SSSR count).